The van der Waals surface area contributed by atoms with Crippen molar-refractivity contribution >= 4 is 11.8 Å². The summed E-state index contributed by atoms with van der Waals surface area (Å²) in [5.74, 6) is -0.102. The summed E-state index contributed by atoms with van der Waals surface area (Å²) in [5.41, 5.74) is 1.09. The number of hydrogen-bond donors (Lipinski definition) is 3. The fraction of sp³-hybridized carbons (Fsp3) is 0.364. The monoisotopic (exact) mass is 400 g/mol. The van der Waals surface area contributed by atoms with Crippen LogP contribution in [0.5, 0.6) is 5.75 Å². The summed E-state index contributed by atoms with van der Waals surface area (Å²) in [6.45, 7) is 2.47. The largest absolute Gasteiger partial charge is 0.497 e. The van der Waals surface area contributed by atoms with E-state index < -0.39 is 5.82 Å². The van der Waals surface area contributed by atoms with Gasteiger partial charge in [0.2, 0.25) is 0 Å². The van der Waals surface area contributed by atoms with E-state index in [4.69, 9.17) is 4.74 Å². The van der Waals surface area contributed by atoms with E-state index in [1.165, 1.54) is 17.0 Å². The molecule has 2 amide bonds. The minimum atomic E-state index is -0.512. The Kier molecular flexibility index (Phi) is 7.19. The highest BCUT2D eigenvalue weighted by molar-refractivity contribution is 5.94. The van der Waals surface area contributed by atoms with Gasteiger partial charge in [-0.1, -0.05) is 24.3 Å². The van der Waals surface area contributed by atoms with Crippen molar-refractivity contribution in [3.8, 4) is 5.75 Å². The first kappa shape index (κ1) is 20.8. The lowest BCUT2D eigenvalue weighted by Crippen LogP contribution is -3.14. The van der Waals surface area contributed by atoms with Crippen molar-refractivity contribution < 1.29 is 23.6 Å². The third-order valence-electron chi connectivity index (χ3n) is 5.21. The van der Waals surface area contributed by atoms with Crippen LogP contribution >= 0.6 is 0 Å². The number of quaternary nitrogens is 1. The van der Waals surface area contributed by atoms with Crippen LogP contribution in [-0.2, 0) is 11.3 Å². The highest BCUT2D eigenvalue weighted by Crippen LogP contribution is 2.11. The van der Waals surface area contributed by atoms with Crippen molar-refractivity contribution in [3.63, 3.8) is 0 Å². The third kappa shape index (κ3) is 6.02. The number of rotatable bonds is 7. The number of ether oxygens (including phenoxy) is 1. The van der Waals surface area contributed by atoms with Gasteiger partial charge in [-0.25, -0.2) is 4.39 Å². The van der Waals surface area contributed by atoms with Gasteiger partial charge in [-0.3, -0.25) is 9.59 Å². The molecule has 1 saturated heterocycles. The molecule has 7 heteroatoms. The van der Waals surface area contributed by atoms with E-state index in [9.17, 15) is 14.0 Å². The van der Waals surface area contributed by atoms with Crippen LogP contribution in [0, 0.1) is 5.82 Å². The van der Waals surface area contributed by atoms with E-state index in [1.807, 2.05) is 24.3 Å². The first-order valence-corrected chi connectivity index (χ1v) is 9.83. The van der Waals surface area contributed by atoms with Gasteiger partial charge in [0.25, 0.3) is 11.8 Å². The lowest BCUT2D eigenvalue weighted by atomic mass is 10.0. The smallest absolute Gasteiger partial charge is 0.275 e. The molecule has 154 valence electrons. The molecule has 1 aliphatic heterocycles. The van der Waals surface area contributed by atoms with E-state index in [0.717, 1.165) is 37.2 Å². The van der Waals surface area contributed by atoms with Crippen LogP contribution < -0.4 is 20.3 Å². The quantitative estimate of drug-likeness (QED) is 0.648. The Bertz CT molecular complexity index is 833. The molecule has 3 N–H and O–H groups in total. The normalized spacial score (nSPS) is 18.7. The van der Waals surface area contributed by atoms with E-state index in [-0.39, 0.29) is 23.4 Å². The molecule has 0 atom stereocenters. The summed E-state index contributed by atoms with van der Waals surface area (Å²) in [7, 11) is 1.62. The molecule has 0 radical (unpaired) electrons. The van der Waals surface area contributed by atoms with Gasteiger partial charge in [0, 0.05) is 25.4 Å². The van der Waals surface area contributed by atoms with Crippen LogP contribution in [0.3, 0.4) is 0 Å². The number of methoxy groups -OCH3 is 1. The summed E-state index contributed by atoms with van der Waals surface area (Å²) in [6.07, 6.45) is 1.53. The molecule has 0 unspecified atom stereocenters. The molecular formula is C22H27FN3O3+. The third-order valence-corrected chi connectivity index (χ3v) is 5.21. The SMILES string of the molecule is COc1ccc(CNC(=O)C[NH+]2CCC(NC(=O)c3ccccc3F)CC2)cc1. The van der Waals surface area contributed by atoms with Crippen molar-refractivity contribution in [3.05, 3.63) is 65.5 Å². The lowest BCUT2D eigenvalue weighted by Gasteiger charge is -2.29. The summed E-state index contributed by atoms with van der Waals surface area (Å²) in [6, 6.07) is 13.6. The number of amides is 2. The number of carbonyl (C=O) groups is 2. The maximum atomic E-state index is 13.7. The molecule has 3 rings (SSSR count). The lowest BCUT2D eigenvalue weighted by molar-refractivity contribution is -0.897. The Balaban J connectivity index is 1.38. The zero-order chi connectivity index (χ0) is 20.6. The van der Waals surface area contributed by atoms with Gasteiger partial charge in [0.05, 0.1) is 25.8 Å². The molecule has 0 aromatic heterocycles. The van der Waals surface area contributed by atoms with E-state index in [2.05, 4.69) is 10.6 Å². The van der Waals surface area contributed by atoms with Gasteiger partial charge in [-0.05, 0) is 29.8 Å². The molecule has 6 nitrogen and oxygen atoms in total. The zero-order valence-corrected chi connectivity index (χ0v) is 16.5. The van der Waals surface area contributed by atoms with Crippen molar-refractivity contribution in [2.45, 2.75) is 25.4 Å². The average molecular weight is 400 g/mol. The van der Waals surface area contributed by atoms with Crippen molar-refractivity contribution in [2.24, 2.45) is 0 Å². The van der Waals surface area contributed by atoms with Crippen LogP contribution in [0.25, 0.3) is 0 Å². The molecule has 0 spiro atoms. The Morgan fingerprint density at radius 1 is 1.10 bits per heavy atom. The van der Waals surface area contributed by atoms with Crippen LogP contribution in [0.4, 0.5) is 4.39 Å². The fourth-order valence-electron chi connectivity index (χ4n) is 3.49. The number of halogens is 1. The molecule has 2 aromatic rings. The van der Waals surface area contributed by atoms with Crippen molar-refractivity contribution in [2.75, 3.05) is 26.7 Å². The molecule has 0 aliphatic carbocycles. The Morgan fingerprint density at radius 3 is 2.45 bits per heavy atom. The number of likely N-dealkylation sites (tertiary alicyclic amines) is 1. The number of carbonyl (C=O) groups excluding carboxylic acids is 2. The second-order valence-corrected chi connectivity index (χ2v) is 7.28. The van der Waals surface area contributed by atoms with Gasteiger partial charge in [0.1, 0.15) is 11.6 Å². The van der Waals surface area contributed by atoms with Crippen molar-refractivity contribution in [1.29, 1.82) is 0 Å². The van der Waals surface area contributed by atoms with Gasteiger partial charge >= 0.3 is 0 Å². The number of nitrogens with one attached hydrogen (secondary N) is 3. The predicted octanol–water partition coefficient (Wildman–Crippen LogP) is 0.928. The molecular weight excluding hydrogens is 373 g/mol. The second-order valence-electron chi connectivity index (χ2n) is 7.28. The molecule has 0 saturated carbocycles. The molecule has 2 aromatic carbocycles. The van der Waals surface area contributed by atoms with Gasteiger partial charge in [-0.15, -0.1) is 0 Å². The minimum Gasteiger partial charge on any atom is -0.497 e. The van der Waals surface area contributed by atoms with E-state index >= 15 is 0 Å². The summed E-state index contributed by atoms with van der Waals surface area (Å²) in [5, 5.41) is 5.85. The number of piperidine rings is 1. The molecule has 1 fully saturated rings. The fourth-order valence-corrected chi connectivity index (χ4v) is 3.49. The summed E-state index contributed by atoms with van der Waals surface area (Å²) < 4.78 is 18.8. The Labute approximate surface area is 170 Å². The number of benzene rings is 2. The summed E-state index contributed by atoms with van der Waals surface area (Å²) >= 11 is 0. The van der Waals surface area contributed by atoms with Gasteiger partial charge in [0.15, 0.2) is 6.54 Å². The average Bonchev–Trinajstić information content (AvgIpc) is 2.74. The highest BCUT2D eigenvalue weighted by Gasteiger charge is 2.25. The van der Waals surface area contributed by atoms with E-state index in [0.29, 0.717) is 13.1 Å². The highest BCUT2D eigenvalue weighted by atomic mass is 19.1. The van der Waals surface area contributed by atoms with Crippen LogP contribution in [-0.4, -0.2) is 44.6 Å². The maximum absolute atomic E-state index is 13.7. The van der Waals surface area contributed by atoms with Gasteiger partial charge < -0.3 is 20.3 Å². The van der Waals surface area contributed by atoms with Crippen LogP contribution in [0.1, 0.15) is 28.8 Å². The first-order chi connectivity index (χ1) is 14.0. The minimum absolute atomic E-state index is 0.00432. The predicted molar refractivity (Wildman–Crippen MR) is 107 cm³/mol. The second kappa shape index (κ2) is 10.0. The molecule has 29 heavy (non-hydrogen) atoms. The first-order valence-electron chi connectivity index (χ1n) is 9.83. The molecule has 0 bridgehead atoms. The standard InChI is InChI=1S/C22H26FN3O3/c1-29-18-8-6-16(7-9-18)14-24-21(27)15-26-12-10-17(11-13-26)25-22(28)19-4-2-3-5-20(19)23/h2-9,17H,10-15H2,1H3,(H,24,27)(H,25,28)/p+1. The number of hydrogen-bond acceptors (Lipinski definition) is 3. The zero-order valence-electron chi connectivity index (χ0n) is 16.5. The summed E-state index contributed by atoms with van der Waals surface area (Å²) in [4.78, 5) is 25.6. The van der Waals surface area contributed by atoms with Crippen molar-refractivity contribution in [1.82, 2.24) is 10.6 Å². The topological polar surface area (TPSA) is 71.9 Å². The maximum Gasteiger partial charge on any atom is 0.275 e. The molecule has 1 heterocycles. The Morgan fingerprint density at radius 2 is 1.79 bits per heavy atom. The Hall–Kier alpha value is -2.93. The van der Waals surface area contributed by atoms with Crippen LogP contribution in [0.2, 0.25) is 0 Å². The molecule has 1 aliphatic rings. The van der Waals surface area contributed by atoms with E-state index in [1.54, 1.807) is 19.2 Å². The van der Waals surface area contributed by atoms with Gasteiger partial charge in [-0.2, -0.15) is 0 Å². The van der Waals surface area contributed by atoms with Crippen LogP contribution in [0.15, 0.2) is 48.5 Å².